The third-order valence-corrected chi connectivity index (χ3v) is 3.26. The second-order valence-electron chi connectivity index (χ2n) is 3.77. The molecule has 1 heterocycles. The van der Waals surface area contributed by atoms with Crippen LogP contribution < -0.4 is 5.73 Å². The Kier molecular flexibility index (Phi) is 4.95. The number of hydrogen-bond donors (Lipinski definition) is 1. The number of thiophene rings is 1. The van der Waals surface area contributed by atoms with Crippen molar-refractivity contribution in [2.75, 3.05) is 0 Å². The summed E-state index contributed by atoms with van der Waals surface area (Å²) >= 11 is 1.35. The van der Waals surface area contributed by atoms with Gasteiger partial charge in [-0.25, -0.2) is 4.39 Å². The number of rotatable bonds is 2. The van der Waals surface area contributed by atoms with Crippen LogP contribution >= 0.6 is 23.7 Å². The molecule has 0 saturated carbocycles. The van der Waals surface area contributed by atoms with Crippen LogP contribution in [0.3, 0.4) is 0 Å². The molecule has 104 valence electrons. The maximum Gasteiger partial charge on any atom is 0.416 e. The molecule has 2 rings (SSSR count). The Bertz CT molecular complexity index is 539. The molecule has 7 heteroatoms. The second kappa shape index (κ2) is 5.90. The predicted octanol–water partition coefficient (Wildman–Crippen LogP) is 4.38. The SMILES string of the molecule is Cl.N[C@@H](c1ccsc1)c1cc(C(F)(F)F)ccc1F. The van der Waals surface area contributed by atoms with Crippen LogP contribution in [0.15, 0.2) is 35.0 Å². The Hall–Kier alpha value is -1.11. The van der Waals surface area contributed by atoms with Crippen LogP contribution in [0.1, 0.15) is 22.7 Å². The first-order valence-corrected chi connectivity index (χ1v) is 5.98. The average molecular weight is 312 g/mol. The molecule has 0 saturated heterocycles. The van der Waals surface area contributed by atoms with Gasteiger partial charge in [-0.3, -0.25) is 0 Å². The number of benzene rings is 1. The van der Waals surface area contributed by atoms with Crippen LogP contribution in [-0.2, 0) is 6.18 Å². The van der Waals surface area contributed by atoms with Crippen molar-refractivity contribution in [3.8, 4) is 0 Å². The minimum atomic E-state index is -4.50. The Balaban J connectivity index is 0.00000180. The van der Waals surface area contributed by atoms with E-state index < -0.39 is 23.6 Å². The summed E-state index contributed by atoms with van der Waals surface area (Å²) in [6, 6.07) is 3.04. The molecular weight excluding hydrogens is 302 g/mol. The van der Waals surface area contributed by atoms with Gasteiger partial charge in [-0.2, -0.15) is 24.5 Å². The first-order valence-electron chi connectivity index (χ1n) is 5.04. The maximum absolute atomic E-state index is 13.6. The van der Waals surface area contributed by atoms with Crippen molar-refractivity contribution in [2.45, 2.75) is 12.2 Å². The molecule has 2 N–H and O–H groups in total. The Morgan fingerprint density at radius 2 is 1.84 bits per heavy atom. The Morgan fingerprint density at radius 1 is 1.16 bits per heavy atom. The highest BCUT2D eigenvalue weighted by molar-refractivity contribution is 7.08. The van der Waals surface area contributed by atoms with Gasteiger partial charge < -0.3 is 5.73 Å². The lowest BCUT2D eigenvalue weighted by Gasteiger charge is -2.14. The van der Waals surface area contributed by atoms with E-state index in [1.165, 1.54) is 11.3 Å². The first-order chi connectivity index (χ1) is 8.39. The van der Waals surface area contributed by atoms with Gasteiger partial charge in [0, 0.05) is 5.56 Å². The molecule has 0 aliphatic rings. The summed E-state index contributed by atoms with van der Waals surface area (Å²) < 4.78 is 51.2. The molecule has 0 bridgehead atoms. The van der Waals surface area contributed by atoms with Gasteiger partial charge in [0.15, 0.2) is 0 Å². The van der Waals surface area contributed by atoms with Gasteiger partial charge in [0.2, 0.25) is 0 Å². The van der Waals surface area contributed by atoms with E-state index in [0.29, 0.717) is 11.6 Å². The zero-order chi connectivity index (χ0) is 13.3. The average Bonchev–Trinajstić information content (AvgIpc) is 2.80. The van der Waals surface area contributed by atoms with Crippen molar-refractivity contribution in [2.24, 2.45) is 5.73 Å². The fraction of sp³-hybridized carbons (Fsp3) is 0.167. The van der Waals surface area contributed by atoms with E-state index in [9.17, 15) is 17.6 Å². The van der Waals surface area contributed by atoms with Gasteiger partial charge in [-0.05, 0) is 40.6 Å². The number of halogens is 5. The van der Waals surface area contributed by atoms with Gasteiger partial charge in [0.05, 0.1) is 11.6 Å². The van der Waals surface area contributed by atoms with Crippen molar-refractivity contribution in [3.63, 3.8) is 0 Å². The van der Waals surface area contributed by atoms with E-state index >= 15 is 0 Å². The highest BCUT2D eigenvalue weighted by atomic mass is 35.5. The quantitative estimate of drug-likeness (QED) is 0.819. The third-order valence-electron chi connectivity index (χ3n) is 2.56. The fourth-order valence-corrected chi connectivity index (χ4v) is 2.29. The van der Waals surface area contributed by atoms with Crippen LogP contribution in [-0.4, -0.2) is 0 Å². The smallest absolute Gasteiger partial charge is 0.320 e. The monoisotopic (exact) mass is 311 g/mol. The van der Waals surface area contributed by atoms with Crippen LogP contribution in [0.2, 0.25) is 0 Å². The third kappa shape index (κ3) is 3.46. The van der Waals surface area contributed by atoms with E-state index in [4.69, 9.17) is 5.73 Å². The van der Waals surface area contributed by atoms with E-state index in [-0.39, 0.29) is 18.0 Å². The van der Waals surface area contributed by atoms with Crippen LogP contribution in [0, 0.1) is 5.82 Å². The molecule has 0 radical (unpaired) electrons. The fourth-order valence-electron chi connectivity index (χ4n) is 1.59. The lowest BCUT2D eigenvalue weighted by Crippen LogP contribution is -2.15. The van der Waals surface area contributed by atoms with Crippen molar-refractivity contribution >= 4 is 23.7 Å². The van der Waals surface area contributed by atoms with Gasteiger partial charge in [0.25, 0.3) is 0 Å². The lowest BCUT2D eigenvalue weighted by molar-refractivity contribution is -0.137. The summed E-state index contributed by atoms with van der Waals surface area (Å²) in [5.74, 6) is -0.735. The molecule has 1 aromatic carbocycles. The minimum absolute atomic E-state index is 0. The summed E-state index contributed by atoms with van der Waals surface area (Å²) in [6.45, 7) is 0. The summed E-state index contributed by atoms with van der Waals surface area (Å²) in [4.78, 5) is 0. The van der Waals surface area contributed by atoms with Gasteiger partial charge in [0.1, 0.15) is 5.82 Å². The summed E-state index contributed by atoms with van der Waals surface area (Å²) in [5, 5.41) is 3.42. The summed E-state index contributed by atoms with van der Waals surface area (Å²) in [6.07, 6.45) is -4.50. The molecule has 0 fully saturated rings. The summed E-state index contributed by atoms with van der Waals surface area (Å²) in [5.41, 5.74) is 5.32. The molecule has 1 aromatic heterocycles. The molecule has 19 heavy (non-hydrogen) atoms. The molecule has 0 unspecified atom stereocenters. The molecule has 0 aliphatic carbocycles. The molecule has 2 aromatic rings. The molecule has 0 amide bonds. The number of nitrogens with two attached hydrogens (primary N) is 1. The number of alkyl halides is 3. The number of hydrogen-bond acceptors (Lipinski definition) is 2. The topological polar surface area (TPSA) is 26.0 Å². The van der Waals surface area contributed by atoms with E-state index in [2.05, 4.69) is 0 Å². The Morgan fingerprint density at radius 3 is 2.37 bits per heavy atom. The Labute approximate surface area is 117 Å². The van der Waals surface area contributed by atoms with Crippen molar-refractivity contribution in [1.29, 1.82) is 0 Å². The van der Waals surface area contributed by atoms with E-state index in [1.54, 1.807) is 16.8 Å². The van der Waals surface area contributed by atoms with Gasteiger partial charge >= 0.3 is 6.18 Å². The lowest BCUT2D eigenvalue weighted by atomic mass is 9.99. The normalized spacial score (nSPS) is 12.9. The van der Waals surface area contributed by atoms with E-state index in [1.807, 2.05) is 0 Å². The highest BCUT2D eigenvalue weighted by Gasteiger charge is 2.31. The molecular formula is C12H10ClF4NS. The van der Waals surface area contributed by atoms with Crippen LogP contribution in [0.5, 0.6) is 0 Å². The molecule has 1 atom stereocenters. The minimum Gasteiger partial charge on any atom is -0.320 e. The van der Waals surface area contributed by atoms with Gasteiger partial charge in [-0.15, -0.1) is 12.4 Å². The maximum atomic E-state index is 13.6. The zero-order valence-corrected chi connectivity index (χ0v) is 11.1. The van der Waals surface area contributed by atoms with Crippen molar-refractivity contribution in [3.05, 3.63) is 57.5 Å². The standard InChI is InChI=1S/C12H9F4NS.ClH/c13-10-2-1-8(12(14,15)16)5-9(10)11(17)7-3-4-18-6-7;/h1-6,11H,17H2;1H/t11-;/m0./s1. The highest BCUT2D eigenvalue weighted by Crippen LogP contribution is 2.33. The molecule has 1 nitrogen and oxygen atoms in total. The molecule has 0 spiro atoms. The van der Waals surface area contributed by atoms with Crippen molar-refractivity contribution < 1.29 is 17.6 Å². The van der Waals surface area contributed by atoms with Crippen LogP contribution in [0.4, 0.5) is 17.6 Å². The largest absolute Gasteiger partial charge is 0.416 e. The second-order valence-corrected chi connectivity index (χ2v) is 4.55. The predicted molar refractivity (Wildman–Crippen MR) is 69.0 cm³/mol. The van der Waals surface area contributed by atoms with E-state index in [0.717, 1.165) is 12.1 Å². The summed E-state index contributed by atoms with van der Waals surface area (Å²) in [7, 11) is 0. The zero-order valence-electron chi connectivity index (χ0n) is 9.45. The van der Waals surface area contributed by atoms with Crippen LogP contribution in [0.25, 0.3) is 0 Å². The first kappa shape index (κ1) is 15.9. The van der Waals surface area contributed by atoms with Gasteiger partial charge in [-0.1, -0.05) is 0 Å². The molecule has 0 aliphatic heterocycles. The van der Waals surface area contributed by atoms with Crippen molar-refractivity contribution in [1.82, 2.24) is 0 Å².